The predicted molar refractivity (Wildman–Crippen MR) is 75.3 cm³/mol. The third kappa shape index (κ3) is 2.86. The van der Waals surface area contributed by atoms with Gasteiger partial charge in [-0.15, -0.1) is 0 Å². The first-order valence-corrected chi connectivity index (χ1v) is 6.08. The zero-order chi connectivity index (χ0) is 13.1. The molecule has 0 radical (unpaired) electrons. The molecular weight excluding hydrogens is 271 g/mol. The van der Waals surface area contributed by atoms with Crippen LogP contribution in [0.1, 0.15) is 5.56 Å². The van der Waals surface area contributed by atoms with E-state index in [1.54, 1.807) is 25.4 Å². The maximum Gasteiger partial charge on any atom is 0.143 e. The van der Waals surface area contributed by atoms with E-state index in [1.165, 1.54) is 0 Å². The molecule has 3 nitrogen and oxygen atoms in total. The van der Waals surface area contributed by atoms with Crippen molar-refractivity contribution in [1.82, 2.24) is 4.98 Å². The van der Waals surface area contributed by atoms with Crippen molar-refractivity contribution in [3.05, 3.63) is 46.2 Å². The molecule has 0 spiro atoms. The van der Waals surface area contributed by atoms with Gasteiger partial charge >= 0.3 is 0 Å². The van der Waals surface area contributed by atoms with E-state index in [-0.39, 0.29) is 0 Å². The number of methoxy groups -OCH3 is 1. The van der Waals surface area contributed by atoms with E-state index in [1.807, 2.05) is 19.1 Å². The van der Waals surface area contributed by atoms with Crippen molar-refractivity contribution in [2.75, 3.05) is 12.4 Å². The van der Waals surface area contributed by atoms with E-state index in [4.69, 9.17) is 27.9 Å². The Kier molecular flexibility index (Phi) is 3.94. The molecule has 1 aromatic heterocycles. The van der Waals surface area contributed by atoms with Crippen LogP contribution in [0.3, 0.4) is 0 Å². The number of anilines is 2. The number of ether oxygens (including phenoxy) is 1. The van der Waals surface area contributed by atoms with Crippen LogP contribution in [0, 0.1) is 6.92 Å². The summed E-state index contributed by atoms with van der Waals surface area (Å²) in [6, 6.07) is 7.28. The molecule has 0 amide bonds. The Morgan fingerprint density at radius 3 is 2.67 bits per heavy atom. The van der Waals surface area contributed by atoms with Crippen molar-refractivity contribution >= 4 is 34.6 Å². The summed E-state index contributed by atoms with van der Waals surface area (Å²) in [6.07, 6.45) is 1.64. The number of halogens is 2. The lowest BCUT2D eigenvalue weighted by Crippen LogP contribution is -1.96. The van der Waals surface area contributed by atoms with Gasteiger partial charge in [0, 0.05) is 23.0 Å². The van der Waals surface area contributed by atoms with Crippen molar-refractivity contribution in [3.63, 3.8) is 0 Å². The maximum absolute atomic E-state index is 6.05. The number of nitrogens with one attached hydrogen (secondary N) is 1. The molecule has 2 rings (SSSR count). The fraction of sp³-hybridized carbons (Fsp3) is 0.154. The van der Waals surface area contributed by atoms with E-state index in [0.717, 1.165) is 16.9 Å². The van der Waals surface area contributed by atoms with Crippen LogP contribution in [-0.4, -0.2) is 12.1 Å². The van der Waals surface area contributed by atoms with Crippen molar-refractivity contribution in [3.8, 4) is 5.75 Å². The fourth-order valence-electron chi connectivity index (χ4n) is 1.57. The number of benzene rings is 1. The molecule has 1 heterocycles. The summed E-state index contributed by atoms with van der Waals surface area (Å²) in [5.74, 6) is 0.679. The highest BCUT2D eigenvalue weighted by molar-refractivity contribution is 6.31. The van der Waals surface area contributed by atoms with E-state index in [9.17, 15) is 0 Å². The first-order chi connectivity index (χ1) is 8.60. The van der Waals surface area contributed by atoms with Crippen LogP contribution in [0.5, 0.6) is 5.75 Å². The SMILES string of the molecule is COc1cc(Cl)c(C)cc1Nc1ccnc(Cl)c1. The monoisotopic (exact) mass is 282 g/mol. The minimum absolute atomic E-state index is 0.435. The Bertz CT molecular complexity index is 573. The van der Waals surface area contributed by atoms with Gasteiger partial charge in [0.25, 0.3) is 0 Å². The van der Waals surface area contributed by atoms with Crippen LogP contribution < -0.4 is 10.1 Å². The maximum atomic E-state index is 6.05. The second-order valence-corrected chi connectivity index (χ2v) is 4.59. The number of hydrogen-bond acceptors (Lipinski definition) is 3. The minimum Gasteiger partial charge on any atom is -0.495 e. The van der Waals surface area contributed by atoms with E-state index in [2.05, 4.69) is 10.3 Å². The fourth-order valence-corrected chi connectivity index (χ4v) is 1.89. The smallest absolute Gasteiger partial charge is 0.143 e. The molecule has 0 atom stereocenters. The van der Waals surface area contributed by atoms with Gasteiger partial charge in [0.15, 0.2) is 0 Å². The lowest BCUT2D eigenvalue weighted by atomic mass is 10.2. The quantitative estimate of drug-likeness (QED) is 0.845. The predicted octanol–water partition coefficient (Wildman–Crippen LogP) is 4.45. The summed E-state index contributed by atoms with van der Waals surface area (Å²) in [6.45, 7) is 1.94. The largest absolute Gasteiger partial charge is 0.495 e. The highest BCUT2D eigenvalue weighted by atomic mass is 35.5. The molecule has 0 aliphatic heterocycles. The molecule has 1 N–H and O–H groups in total. The lowest BCUT2D eigenvalue weighted by Gasteiger charge is -2.13. The summed E-state index contributed by atoms with van der Waals surface area (Å²) >= 11 is 11.9. The Labute approximate surface area is 116 Å². The lowest BCUT2D eigenvalue weighted by molar-refractivity contribution is 0.417. The average molecular weight is 283 g/mol. The molecule has 94 valence electrons. The van der Waals surface area contributed by atoms with Gasteiger partial charge < -0.3 is 10.1 Å². The van der Waals surface area contributed by atoms with Gasteiger partial charge in [-0.2, -0.15) is 0 Å². The van der Waals surface area contributed by atoms with Crippen molar-refractivity contribution in [2.24, 2.45) is 0 Å². The van der Waals surface area contributed by atoms with Crippen LogP contribution >= 0.6 is 23.2 Å². The Hall–Kier alpha value is -1.45. The highest BCUT2D eigenvalue weighted by Gasteiger charge is 2.07. The normalized spacial score (nSPS) is 10.2. The van der Waals surface area contributed by atoms with Gasteiger partial charge in [-0.05, 0) is 30.7 Å². The number of aryl methyl sites for hydroxylation is 1. The zero-order valence-electron chi connectivity index (χ0n) is 10.00. The Morgan fingerprint density at radius 1 is 1.22 bits per heavy atom. The second-order valence-electron chi connectivity index (χ2n) is 3.79. The summed E-state index contributed by atoms with van der Waals surface area (Å²) in [4.78, 5) is 3.93. The molecule has 0 fully saturated rings. The van der Waals surface area contributed by atoms with Gasteiger partial charge in [0.2, 0.25) is 0 Å². The molecule has 1 aromatic carbocycles. The summed E-state index contributed by atoms with van der Waals surface area (Å²) < 4.78 is 5.29. The van der Waals surface area contributed by atoms with Crippen molar-refractivity contribution in [2.45, 2.75) is 6.92 Å². The average Bonchev–Trinajstić information content (AvgIpc) is 2.33. The van der Waals surface area contributed by atoms with Gasteiger partial charge in [0.1, 0.15) is 10.9 Å². The van der Waals surface area contributed by atoms with E-state index in [0.29, 0.717) is 15.9 Å². The van der Waals surface area contributed by atoms with Crippen LogP contribution in [0.15, 0.2) is 30.5 Å². The van der Waals surface area contributed by atoms with Crippen LogP contribution in [0.2, 0.25) is 10.2 Å². The third-order valence-electron chi connectivity index (χ3n) is 2.49. The first-order valence-electron chi connectivity index (χ1n) is 5.33. The Morgan fingerprint density at radius 2 is 2.00 bits per heavy atom. The number of aromatic nitrogens is 1. The number of pyridine rings is 1. The van der Waals surface area contributed by atoms with E-state index >= 15 is 0 Å². The zero-order valence-corrected chi connectivity index (χ0v) is 11.5. The molecular formula is C13H12Cl2N2O. The van der Waals surface area contributed by atoms with Crippen LogP contribution in [0.25, 0.3) is 0 Å². The van der Waals surface area contributed by atoms with Crippen molar-refractivity contribution in [1.29, 1.82) is 0 Å². The number of nitrogens with zero attached hydrogens (tertiary/aromatic N) is 1. The minimum atomic E-state index is 0.435. The summed E-state index contributed by atoms with van der Waals surface area (Å²) in [5, 5.41) is 4.33. The molecule has 0 saturated carbocycles. The Balaban J connectivity index is 2.36. The first kappa shape index (κ1) is 13.0. The van der Waals surface area contributed by atoms with Gasteiger partial charge in [-0.1, -0.05) is 23.2 Å². The molecule has 0 unspecified atom stereocenters. The molecule has 2 aromatic rings. The molecule has 5 heteroatoms. The van der Waals surface area contributed by atoms with Gasteiger partial charge in [0.05, 0.1) is 12.8 Å². The summed E-state index contributed by atoms with van der Waals surface area (Å²) in [7, 11) is 1.60. The van der Waals surface area contributed by atoms with E-state index < -0.39 is 0 Å². The van der Waals surface area contributed by atoms with Crippen LogP contribution in [0.4, 0.5) is 11.4 Å². The van der Waals surface area contributed by atoms with Crippen LogP contribution in [-0.2, 0) is 0 Å². The number of hydrogen-bond donors (Lipinski definition) is 1. The molecule has 0 saturated heterocycles. The standard InChI is InChI=1S/C13H12Cl2N2O/c1-8-5-11(12(18-2)7-10(8)14)17-9-3-4-16-13(15)6-9/h3-7H,1-2H3,(H,16,17). The molecule has 0 aliphatic carbocycles. The molecule has 0 bridgehead atoms. The molecule has 18 heavy (non-hydrogen) atoms. The topological polar surface area (TPSA) is 34.1 Å². The molecule has 0 aliphatic rings. The van der Waals surface area contributed by atoms with Gasteiger partial charge in [-0.3, -0.25) is 0 Å². The van der Waals surface area contributed by atoms with Crippen molar-refractivity contribution < 1.29 is 4.74 Å². The van der Waals surface area contributed by atoms with Gasteiger partial charge in [-0.25, -0.2) is 4.98 Å². The summed E-state index contributed by atoms with van der Waals surface area (Å²) in [5.41, 5.74) is 2.65. The second kappa shape index (κ2) is 5.46. The number of rotatable bonds is 3. The third-order valence-corrected chi connectivity index (χ3v) is 3.10. The highest BCUT2D eigenvalue weighted by Crippen LogP contribution is 2.33.